The number of benzene rings is 2. The molecule has 0 amide bonds. The SMILES string of the molecule is C=CC(=O)Sc1cc(F)c(-c2cc(F)c(SC(=O)C=C)cc2F)cc1F. The molecule has 0 aliphatic carbocycles. The van der Waals surface area contributed by atoms with Gasteiger partial charge in [0.2, 0.25) is 10.2 Å². The van der Waals surface area contributed by atoms with Crippen molar-refractivity contribution < 1.29 is 27.2 Å². The Kier molecular flexibility index (Phi) is 6.44. The first-order valence-electron chi connectivity index (χ1n) is 6.93. The van der Waals surface area contributed by atoms with Gasteiger partial charge in [-0.15, -0.1) is 0 Å². The van der Waals surface area contributed by atoms with E-state index < -0.39 is 44.6 Å². The Hall–Kier alpha value is -2.32. The van der Waals surface area contributed by atoms with Crippen LogP contribution in [0.15, 0.2) is 59.4 Å². The summed E-state index contributed by atoms with van der Waals surface area (Å²) >= 11 is 0.835. The Morgan fingerprint density at radius 3 is 1.35 bits per heavy atom. The topological polar surface area (TPSA) is 34.1 Å². The van der Waals surface area contributed by atoms with Gasteiger partial charge >= 0.3 is 0 Å². The lowest BCUT2D eigenvalue weighted by Gasteiger charge is -2.10. The maximum Gasteiger partial charge on any atom is 0.216 e. The lowest BCUT2D eigenvalue weighted by atomic mass is 10.0. The van der Waals surface area contributed by atoms with E-state index in [0.29, 0.717) is 35.7 Å². The van der Waals surface area contributed by atoms with Gasteiger partial charge in [-0.25, -0.2) is 17.6 Å². The van der Waals surface area contributed by atoms with Gasteiger partial charge in [0.1, 0.15) is 23.3 Å². The summed E-state index contributed by atoms with van der Waals surface area (Å²) in [4.78, 5) is 21.9. The van der Waals surface area contributed by atoms with Gasteiger partial charge in [-0.2, -0.15) is 0 Å². The largest absolute Gasteiger partial charge is 0.282 e. The molecule has 2 aromatic carbocycles. The van der Waals surface area contributed by atoms with Crippen LogP contribution in [0.25, 0.3) is 11.1 Å². The molecule has 0 N–H and O–H groups in total. The number of thioether (sulfide) groups is 2. The summed E-state index contributed by atoms with van der Waals surface area (Å²) in [7, 11) is 0. The van der Waals surface area contributed by atoms with E-state index in [9.17, 15) is 27.2 Å². The first-order chi connectivity index (χ1) is 12.3. The fourth-order valence-corrected chi connectivity index (χ4v) is 3.16. The summed E-state index contributed by atoms with van der Waals surface area (Å²) in [6, 6.07) is 2.79. The molecule has 0 aliphatic rings. The maximum atomic E-state index is 14.3. The third-order valence-corrected chi connectivity index (χ3v) is 4.89. The molecule has 0 unspecified atom stereocenters. The van der Waals surface area contributed by atoms with Crippen molar-refractivity contribution in [3.63, 3.8) is 0 Å². The van der Waals surface area contributed by atoms with Gasteiger partial charge in [-0.1, -0.05) is 13.2 Å². The Bertz CT molecular complexity index is 850. The van der Waals surface area contributed by atoms with Gasteiger partial charge in [-0.3, -0.25) is 9.59 Å². The molecule has 26 heavy (non-hydrogen) atoms. The van der Waals surface area contributed by atoms with E-state index in [0.717, 1.165) is 24.3 Å². The molecule has 0 fully saturated rings. The molecule has 0 heterocycles. The molecule has 0 bridgehead atoms. The van der Waals surface area contributed by atoms with E-state index in [1.54, 1.807) is 0 Å². The molecule has 8 heteroatoms. The van der Waals surface area contributed by atoms with Crippen LogP contribution >= 0.6 is 23.5 Å². The molecule has 0 radical (unpaired) electrons. The molecule has 2 rings (SSSR count). The first kappa shape index (κ1) is 20.0. The highest BCUT2D eigenvalue weighted by molar-refractivity contribution is 8.14. The highest BCUT2D eigenvalue weighted by Gasteiger charge is 2.19. The van der Waals surface area contributed by atoms with Crippen molar-refractivity contribution in [1.29, 1.82) is 0 Å². The molecule has 2 nitrogen and oxygen atoms in total. The normalized spacial score (nSPS) is 10.5. The third kappa shape index (κ3) is 4.44. The van der Waals surface area contributed by atoms with Gasteiger partial charge in [0.05, 0.1) is 9.79 Å². The molecule has 0 spiro atoms. The van der Waals surface area contributed by atoms with E-state index in [-0.39, 0.29) is 9.79 Å². The predicted octanol–water partition coefficient (Wildman–Crippen LogP) is 5.52. The maximum absolute atomic E-state index is 14.3. The van der Waals surface area contributed by atoms with Crippen LogP contribution in [-0.4, -0.2) is 10.2 Å². The van der Waals surface area contributed by atoms with Gasteiger partial charge in [0.25, 0.3) is 0 Å². The van der Waals surface area contributed by atoms with E-state index in [4.69, 9.17) is 0 Å². The van der Waals surface area contributed by atoms with Crippen LogP contribution in [0.5, 0.6) is 0 Å². The number of hydrogen-bond acceptors (Lipinski definition) is 4. The van der Waals surface area contributed by atoms with Crippen LogP contribution in [0.1, 0.15) is 0 Å². The van der Waals surface area contributed by atoms with E-state index >= 15 is 0 Å². The molecular formula is C18H10F4O2S2. The summed E-state index contributed by atoms with van der Waals surface area (Å²) in [6.07, 6.45) is 1.87. The number of halogens is 4. The van der Waals surface area contributed by atoms with Crippen LogP contribution in [0.2, 0.25) is 0 Å². The monoisotopic (exact) mass is 398 g/mol. The quantitative estimate of drug-likeness (QED) is 0.377. The van der Waals surface area contributed by atoms with E-state index in [2.05, 4.69) is 13.2 Å². The molecule has 2 aromatic rings. The molecule has 0 saturated carbocycles. The lowest BCUT2D eigenvalue weighted by Crippen LogP contribution is -1.97. The fraction of sp³-hybridized carbons (Fsp3) is 0. The second-order valence-electron chi connectivity index (χ2n) is 4.78. The highest BCUT2D eigenvalue weighted by atomic mass is 32.2. The van der Waals surface area contributed by atoms with Crippen LogP contribution in [0.4, 0.5) is 17.6 Å². The van der Waals surface area contributed by atoms with Crippen LogP contribution in [0, 0.1) is 23.3 Å². The summed E-state index contributed by atoms with van der Waals surface area (Å²) in [6.45, 7) is 6.44. The smallest absolute Gasteiger partial charge is 0.216 e. The zero-order chi connectivity index (χ0) is 19.4. The zero-order valence-corrected chi connectivity index (χ0v) is 14.7. The number of carbonyl (C=O) groups excluding carboxylic acids is 2. The average molecular weight is 398 g/mol. The van der Waals surface area contributed by atoms with Gasteiger partial charge in [0.15, 0.2) is 0 Å². The standard InChI is InChI=1S/C18H10F4O2S2/c1-3-17(23)25-15-7-11(19)9(5-13(15)21)10-6-14(22)16(8-12(10)20)26-18(24)4-2/h3-8H,1-2H2. The third-order valence-electron chi connectivity index (χ3n) is 3.09. The Labute approximate surface area is 155 Å². The number of carbonyl (C=O) groups is 2. The minimum Gasteiger partial charge on any atom is -0.282 e. The van der Waals surface area contributed by atoms with Crippen molar-refractivity contribution in [1.82, 2.24) is 0 Å². The summed E-state index contributed by atoms with van der Waals surface area (Å²) < 4.78 is 56.7. The van der Waals surface area contributed by atoms with Gasteiger partial charge in [0, 0.05) is 11.1 Å². The van der Waals surface area contributed by atoms with Crippen molar-refractivity contribution in [3.8, 4) is 11.1 Å². The second kappa shape index (κ2) is 8.37. The van der Waals surface area contributed by atoms with Gasteiger partial charge in [-0.05, 0) is 59.9 Å². The van der Waals surface area contributed by atoms with Crippen molar-refractivity contribution in [2.24, 2.45) is 0 Å². The van der Waals surface area contributed by atoms with Crippen molar-refractivity contribution in [3.05, 3.63) is 72.8 Å². The zero-order valence-electron chi connectivity index (χ0n) is 13.0. The van der Waals surface area contributed by atoms with E-state index in [1.165, 1.54) is 0 Å². The molecular weight excluding hydrogens is 388 g/mol. The minimum absolute atomic E-state index is 0.305. The Morgan fingerprint density at radius 1 is 0.692 bits per heavy atom. The lowest BCUT2D eigenvalue weighted by molar-refractivity contribution is -0.107. The second-order valence-corrected chi connectivity index (χ2v) is 6.87. The van der Waals surface area contributed by atoms with Crippen LogP contribution in [0.3, 0.4) is 0 Å². The molecule has 0 saturated heterocycles. The van der Waals surface area contributed by atoms with Gasteiger partial charge < -0.3 is 0 Å². The molecule has 0 aromatic heterocycles. The van der Waals surface area contributed by atoms with E-state index in [1.807, 2.05) is 0 Å². The van der Waals surface area contributed by atoms with Crippen LogP contribution < -0.4 is 0 Å². The summed E-state index contributed by atoms with van der Waals surface area (Å²) in [5.74, 6) is -4.01. The summed E-state index contributed by atoms with van der Waals surface area (Å²) in [5, 5.41) is -1.19. The fourth-order valence-electron chi connectivity index (χ4n) is 1.93. The average Bonchev–Trinajstić information content (AvgIpc) is 2.60. The van der Waals surface area contributed by atoms with Crippen molar-refractivity contribution in [2.75, 3.05) is 0 Å². The predicted molar refractivity (Wildman–Crippen MR) is 93.8 cm³/mol. The Morgan fingerprint density at radius 2 is 1.04 bits per heavy atom. The molecule has 0 aliphatic heterocycles. The van der Waals surface area contributed by atoms with Crippen molar-refractivity contribution in [2.45, 2.75) is 9.79 Å². The first-order valence-corrected chi connectivity index (χ1v) is 8.57. The summed E-state index contributed by atoms with van der Waals surface area (Å²) in [5.41, 5.74) is -1.03. The number of hydrogen-bond donors (Lipinski definition) is 0. The molecule has 134 valence electrons. The Balaban J connectivity index is 2.48. The van der Waals surface area contributed by atoms with Crippen LogP contribution in [-0.2, 0) is 9.59 Å². The molecule has 0 atom stereocenters. The van der Waals surface area contributed by atoms with Crippen molar-refractivity contribution >= 4 is 33.8 Å². The highest BCUT2D eigenvalue weighted by Crippen LogP contribution is 2.35. The minimum atomic E-state index is -1.04. The number of rotatable bonds is 5.